The second-order valence-electron chi connectivity index (χ2n) is 2.40. The highest BCUT2D eigenvalue weighted by atomic mass is 79.9. The van der Waals surface area contributed by atoms with Gasteiger partial charge >= 0.3 is 4.83 Å². The zero-order valence-electron chi connectivity index (χ0n) is 5.92. The number of alkyl halides is 3. The zero-order valence-corrected chi connectivity index (χ0v) is 7.50. The van der Waals surface area contributed by atoms with E-state index < -0.39 is 4.83 Å². The largest absolute Gasteiger partial charge is 0.363 e. The lowest BCUT2D eigenvalue weighted by Gasteiger charge is -1.96. The van der Waals surface area contributed by atoms with Crippen LogP contribution in [0, 0.1) is 17.8 Å². The molecule has 0 saturated heterocycles. The molecular formula is C7H9BrF2. The summed E-state index contributed by atoms with van der Waals surface area (Å²) in [7, 11) is 0. The Morgan fingerprint density at radius 1 is 1.50 bits per heavy atom. The Morgan fingerprint density at radius 2 is 2.00 bits per heavy atom. The average molecular weight is 211 g/mol. The molecule has 0 fully saturated rings. The van der Waals surface area contributed by atoms with Crippen LogP contribution < -0.4 is 0 Å². The van der Waals surface area contributed by atoms with E-state index in [1.54, 1.807) is 5.92 Å². The van der Waals surface area contributed by atoms with Crippen LogP contribution in [0.4, 0.5) is 8.78 Å². The van der Waals surface area contributed by atoms with E-state index in [1.165, 1.54) is 0 Å². The minimum Gasteiger partial charge on any atom is -0.180 e. The Balaban J connectivity index is 3.71. The molecule has 0 aromatic rings. The second-order valence-corrected chi connectivity index (χ2v) is 3.39. The van der Waals surface area contributed by atoms with Crippen molar-refractivity contribution in [2.45, 2.75) is 25.1 Å². The Labute approximate surface area is 68.1 Å². The summed E-state index contributed by atoms with van der Waals surface area (Å²) in [6.07, 6.45) is 0.515. The maximum Gasteiger partial charge on any atom is 0.363 e. The Bertz CT molecular complexity index is 147. The van der Waals surface area contributed by atoms with Gasteiger partial charge in [0.2, 0.25) is 0 Å². The van der Waals surface area contributed by atoms with Crippen LogP contribution in [0.25, 0.3) is 0 Å². The molecule has 0 aliphatic rings. The Kier molecular flexibility index (Phi) is 3.88. The summed E-state index contributed by atoms with van der Waals surface area (Å²) in [5, 5.41) is 0. The van der Waals surface area contributed by atoms with Gasteiger partial charge in [-0.3, -0.25) is 0 Å². The van der Waals surface area contributed by atoms with Crippen molar-refractivity contribution in [2.24, 2.45) is 5.92 Å². The summed E-state index contributed by atoms with van der Waals surface area (Å²) in [5.41, 5.74) is 0. The van der Waals surface area contributed by atoms with Gasteiger partial charge in [0.25, 0.3) is 0 Å². The molecule has 0 aliphatic carbocycles. The van der Waals surface area contributed by atoms with Crippen molar-refractivity contribution < 1.29 is 8.78 Å². The van der Waals surface area contributed by atoms with Gasteiger partial charge in [0.05, 0.1) is 0 Å². The first-order valence-corrected chi connectivity index (χ1v) is 3.78. The van der Waals surface area contributed by atoms with Crippen LogP contribution in [0.3, 0.4) is 0 Å². The quantitative estimate of drug-likeness (QED) is 0.462. The standard InChI is InChI=1S/C7H9BrF2/c1-6(2)4-3-5-7(8,9)10/h6H,4H2,1-2H3. The van der Waals surface area contributed by atoms with Crippen LogP contribution in [0.1, 0.15) is 20.3 Å². The van der Waals surface area contributed by atoms with E-state index in [0.717, 1.165) is 0 Å². The van der Waals surface area contributed by atoms with E-state index in [1.807, 2.05) is 13.8 Å². The molecule has 0 aliphatic heterocycles. The van der Waals surface area contributed by atoms with Crippen LogP contribution in [-0.4, -0.2) is 4.83 Å². The smallest absolute Gasteiger partial charge is 0.180 e. The third kappa shape index (κ3) is 7.90. The molecule has 0 radical (unpaired) electrons. The normalized spacial score (nSPS) is 11.0. The van der Waals surface area contributed by atoms with Gasteiger partial charge < -0.3 is 0 Å². The third-order valence-corrected chi connectivity index (χ3v) is 0.939. The van der Waals surface area contributed by atoms with Crippen molar-refractivity contribution >= 4 is 15.9 Å². The van der Waals surface area contributed by atoms with Crippen molar-refractivity contribution in [3.63, 3.8) is 0 Å². The van der Waals surface area contributed by atoms with Gasteiger partial charge in [-0.15, -0.1) is 0 Å². The lowest BCUT2D eigenvalue weighted by atomic mass is 10.1. The van der Waals surface area contributed by atoms with Gasteiger partial charge in [-0.1, -0.05) is 19.8 Å². The maximum atomic E-state index is 11.9. The lowest BCUT2D eigenvalue weighted by molar-refractivity contribution is 0.182. The fourth-order valence-corrected chi connectivity index (χ4v) is 0.496. The first-order chi connectivity index (χ1) is 4.42. The monoisotopic (exact) mass is 210 g/mol. The predicted octanol–water partition coefficient (Wildman–Crippen LogP) is 3.02. The zero-order chi connectivity index (χ0) is 8.20. The van der Waals surface area contributed by atoms with E-state index in [2.05, 4.69) is 21.9 Å². The van der Waals surface area contributed by atoms with Gasteiger partial charge in [0, 0.05) is 22.4 Å². The number of rotatable bonds is 1. The van der Waals surface area contributed by atoms with Crippen molar-refractivity contribution in [2.75, 3.05) is 0 Å². The van der Waals surface area contributed by atoms with Gasteiger partial charge in [0.15, 0.2) is 0 Å². The van der Waals surface area contributed by atoms with E-state index in [4.69, 9.17) is 0 Å². The van der Waals surface area contributed by atoms with Crippen LogP contribution in [0.15, 0.2) is 0 Å². The minimum atomic E-state index is -3.01. The van der Waals surface area contributed by atoms with Crippen molar-refractivity contribution in [1.29, 1.82) is 0 Å². The van der Waals surface area contributed by atoms with Gasteiger partial charge in [0.1, 0.15) is 0 Å². The molecule has 0 aromatic heterocycles. The summed E-state index contributed by atoms with van der Waals surface area (Å²) in [4.78, 5) is -3.01. The molecule has 0 atom stereocenters. The molecule has 0 spiro atoms. The number of halogens is 3. The Hall–Kier alpha value is -0.100. The SMILES string of the molecule is CC(C)CC#CC(F)(F)Br. The van der Waals surface area contributed by atoms with Crippen LogP contribution in [0.2, 0.25) is 0 Å². The highest BCUT2D eigenvalue weighted by Gasteiger charge is 2.18. The van der Waals surface area contributed by atoms with E-state index in [0.29, 0.717) is 12.3 Å². The molecule has 58 valence electrons. The molecular weight excluding hydrogens is 202 g/mol. The molecule has 0 bridgehead atoms. The summed E-state index contributed by atoms with van der Waals surface area (Å²) in [5.74, 6) is 4.51. The molecule has 0 heterocycles. The van der Waals surface area contributed by atoms with Crippen LogP contribution in [0.5, 0.6) is 0 Å². The molecule has 0 saturated carbocycles. The van der Waals surface area contributed by atoms with Crippen molar-refractivity contribution in [1.82, 2.24) is 0 Å². The minimum absolute atomic E-state index is 0.349. The second kappa shape index (κ2) is 3.92. The first kappa shape index (κ1) is 9.90. The summed E-state index contributed by atoms with van der Waals surface area (Å²) >= 11 is 2.12. The van der Waals surface area contributed by atoms with E-state index in [9.17, 15) is 8.78 Å². The molecule has 3 heteroatoms. The highest BCUT2D eigenvalue weighted by molar-refractivity contribution is 9.10. The van der Waals surface area contributed by atoms with Gasteiger partial charge in [-0.2, -0.15) is 8.78 Å². The molecule has 0 nitrogen and oxygen atoms in total. The van der Waals surface area contributed by atoms with Crippen LogP contribution in [-0.2, 0) is 0 Å². The summed E-state index contributed by atoms with van der Waals surface area (Å²) in [6.45, 7) is 3.86. The van der Waals surface area contributed by atoms with Crippen LogP contribution >= 0.6 is 15.9 Å². The average Bonchev–Trinajstić information content (AvgIpc) is 1.59. The molecule has 0 N–H and O–H groups in total. The predicted molar refractivity (Wildman–Crippen MR) is 41.1 cm³/mol. The third-order valence-electron chi connectivity index (χ3n) is 0.740. The summed E-state index contributed by atoms with van der Waals surface area (Å²) < 4.78 is 23.8. The molecule has 10 heavy (non-hydrogen) atoms. The molecule has 0 rings (SSSR count). The fraction of sp³-hybridized carbons (Fsp3) is 0.714. The molecule has 0 aromatic carbocycles. The highest BCUT2D eigenvalue weighted by Crippen LogP contribution is 2.19. The lowest BCUT2D eigenvalue weighted by Crippen LogP contribution is -1.98. The first-order valence-electron chi connectivity index (χ1n) is 2.98. The fourth-order valence-electron chi connectivity index (χ4n) is 0.355. The molecule has 0 unspecified atom stereocenters. The van der Waals surface area contributed by atoms with Crippen molar-refractivity contribution in [3.8, 4) is 11.8 Å². The van der Waals surface area contributed by atoms with Gasteiger partial charge in [-0.05, 0) is 11.8 Å². The summed E-state index contributed by atoms with van der Waals surface area (Å²) in [6, 6.07) is 0. The Morgan fingerprint density at radius 3 is 2.30 bits per heavy atom. The van der Waals surface area contributed by atoms with Crippen molar-refractivity contribution in [3.05, 3.63) is 0 Å². The van der Waals surface area contributed by atoms with E-state index in [-0.39, 0.29) is 0 Å². The molecule has 0 amide bonds. The number of hydrogen-bond acceptors (Lipinski definition) is 0. The number of hydrogen-bond donors (Lipinski definition) is 0. The van der Waals surface area contributed by atoms with E-state index >= 15 is 0 Å². The topological polar surface area (TPSA) is 0 Å². The van der Waals surface area contributed by atoms with Gasteiger partial charge in [-0.25, -0.2) is 0 Å². The maximum absolute atomic E-state index is 11.9.